The first-order valence-electron chi connectivity index (χ1n) is 6.03. The van der Waals surface area contributed by atoms with Gasteiger partial charge in [0.25, 0.3) is 0 Å². The van der Waals surface area contributed by atoms with Crippen molar-refractivity contribution in [2.75, 3.05) is 0 Å². The molecule has 1 atom stereocenters. The number of pyridine rings is 1. The molecule has 4 N–H and O–H groups in total. The predicted molar refractivity (Wildman–Crippen MR) is 72.4 cm³/mol. The van der Waals surface area contributed by atoms with E-state index in [1.807, 2.05) is 6.92 Å². The highest BCUT2D eigenvalue weighted by atomic mass is 16.4. The van der Waals surface area contributed by atoms with E-state index in [0.717, 1.165) is 5.56 Å². The van der Waals surface area contributed by atoms with Gasteiger partial charge in [-0.1, -0.05) is 0 Å². The number of nitrogens with two attached hydrogens (primary N) is 1. The number of carbonyl (C=O) groups is 1. The molecule has 0 fully saturated rings. The standard InChI is InChI=1S/C13H19N3O3/c1-8-5-16-9(2)13(19)11(8)7-15-6-10(14)3-4-12(17)18/h5-6,10,19H,3-4,7,14H2,1-2H3,(H,17,18)/t10-/m0/s1. The number of aryl methyl sites for hydroxylation is 2. The predicted octanol–water partition coefficient (Wildman–Crippen LogP) is 1.17. The summed E-state index contributed by atoms with van der Waals surface area (Å²) in [5, 5.41) is 18.4. The molecule has 1 heterocycles. The maximum absolute atomic E-state index is 10.4. The van der Waals surface area contributed by atoms with Gasteiger partial charge in [-0.05, 0) is 25.8 Å². The fourth-order valence-corrected chi connectivity index (χ4v) is 1.58. The topological polar surface area (TPSA) is 109 Å². The van der Waals surface area contributed by atoms with Gasteiger partial charge in [0.1, 0.15) is 5.75 Å². The van der Waals surface area contributed by atoms with E-state index in [2.05, 4.69) is 9.98 Å². The van der Waals surface area contributed by atoms with Crippen molar-refractivity contribution in [1.82, 2.24) is 4.98 Å². The number of aromatic nitrogens is 1. The highest BCUT2D eigenvalue weighted by Crippen LogP contribution is 2.23. The van der Waals surface area contributed by atoms with Gasteiger partial charge in [0.05, 0.1) is 12.2 Å². The van der Waals surface area contributed by atoms with Gasteiger partial charge >= 0.3 is 5.97 Å². The highest BCUT2D eigenvalue weighted by Gasteiger charge is 2.08. The SMILES string of the molecule is Cc1cnc(C)c(O)c1CN=C[C@@H](N)CCC(=O)O. The molecule has 1 rings (SSSR count). The van der Waals surface area contributed by atoms with Crippen molar-refractivity contribution in [3.8, 4) is 5.75 Å². The molecule has 0 bridgehead atoms. The second-order valence-electron chi connectivity index (χ2n) is 4.44. The first-order valence-corrected chi connectivity index (χ1v) is 6.03. The Bertz CT molecular complexity index is 486. The number of nitrogens with zero attached hydrogens (tertiary/aromatic N) is 2. The van der Waals surface area contributed by atoms with Crippen LogP contribution in [0.5, 0.6) is 5.75 Å². The van der Waals surface area contributed by atoms with E-state index in [9.17, 15) is 9.90 Å². The Morgan fingerprint density at radius 1 is 1.58 bits per heavy atom. The average molecular weight is 265 g/mol. The van der Waals surface area contributed by atoms with Gasteiger partial charge in [0.15, 0.2) is 0 Å². The fourth-order valence-electron chi connectivity index (χ4n) is 1.58. The Morgan fingerprint density at radius 2 is 2.26 bits per heavy atom. The zero-order valence-electron chi connectivity index (χ0n) is 11.1. The number of carboxylic acids is 1. The van der Waals surface area contributed by atoms with Crippen LogP contribution in [0.25, 0.3) is 0 Å². The van der Waals surface area contributed by atoms with E-state index >= 15 is 0 Å². The third-order valence-corrected chi connectivity index (χ3v) is 2.79. The molecule has 0 aliphatic carbocycles. The van der Waals surface area contributed by atoms with Crippen LogP contribution in [0.4, 0.5) is 0 Å². The minimum atomic E-state index is -0.873. The number of rotatable bonds is 6. The Hall–Kier alpha value is -1.95. The Labute approximate surface area is 112 Å². The van der Waals surface area contributed by atoms with Gasteiger partial charge in [-0.2, -0.15) is 0 Å². The third kappa shape index (κ3) is 4.67. The van der Waals surface area contributed by atoms with E-state index in [4.69, 9.17) is 10.8 Å². The molecule has 0 aliphatic heterocycles. The van der Waals surface area contributed by atoms with Crippen LogP contribution in [-0.4, -0.2) is 33.4 Å². The molecule has 19 heavy (non-hydrogen) atoms. The molecular formula is C13H19N3O3. The van der Waals surface area contributed by atoms with Crippen LogP contribution in [0.3, 0.4) is 0 Å². The number of carboxylic acid groups (broad SMARTS) is 1. The van der Waals surface area contributed by atoms with Crippen LogP contribution in [0.15, 0.2) is 11.2 Å². The molecule has 0 radical (unpaired) electrons. The maximum Gasteiger partial charge on any atom is 0.303 e. The molecule has 1 aromatic heterocycles. The minimum absolute atomic E-state index is 0.0197. The first-order chi connectivity index (χ1) is 8.91. The largest absolute Gasteiger partial charge is 0.506 e. The summed E-state index contributed by atoms with van der Waals surface area (Å²) >= 11 is 0. The smallest absolute Gasteiger partial charge is 0.303 e. The van der Waals surface area contributed by atoms with Crippen LogP contribution in [-0.2, 0) is 11.3 Å². The van der Waals surface area contributed by atoms with Gasteiger partial charge in [0, 0.05) is 30.4 Å². The molecule has 0 aromatic carbocycles. The summed E-state index contributed by atoms with van der Waals surface area (Å²) in [6.45, 7) is 3.88. The lowest BCUT2D eigenvalue weighted by Gasteiger charge is -2.08. The molecule has 104 valence electrons. The normalized spacial score (nSPS) is 12.8. The van der Waals surface area contributed by atoms with E-state index in [1.165, 1.54) is 6.21 Å². The Balaban J connectivity index is 2.62. The molecule has 0 aliphatic rings. The average Bonchev–Trinajstić information content (AvgIpc) is 2.35. The molecule has 0 saturated carbocycles. The molecule has 0 amide bonds. The van der Waals surface area contributed by atoms with E-state index in [0.29, 0.717) is 24.2 Å². The molecular weight excluding hydrogens is 246 g/mol. The van der Waals surface area contributed by atoms with E-state index in [-0.39, 0.29) is 18.2 Å². The van der Waals surface area contributed by atoms with Gasteiger partial charge < -0.3 is 15.9 Å². The lowest BCUT2D eigenvalue weighted by molar-refractivity contribution is -0.137. The second-order valence-corrected chi connectivity index (χ2v) is 4.44. The van der Waals surface area contributed by atoms with E-state index < -0.39 is 5.97 Å². The zero-order chi connectivity index (χ0) is 14.4. The van der Waals surface area contributed by atoms with Gasteiger partial charge in [0.2, 0.25) is 0 Å². The number of aromatic hydroxyl groups is 1. The molecule has 1 aromatic rings. The summed E-state index contributed by atoms with van der Waals surface area (Å²) in [7, 11) is 0. The molecule has 6 nitrogen and oxygen atoms in total. The number of aliphatic carboxylic acids is 1. The number of hydrogen-bond donors (Lipinski definition) is 3. The van der Waals surface area contributed by atoms with Crippen LogP contribution in [0, 0.1) is 13.8 Å². The lowest BCUT2D eigenvalue weighted by Crippen LogP contribution is -2.22. The monoisotopic (exact) mass is 265 g/mol. The Kier molecular flexibility index (Phi) is 5.44. The van der Waals surface area contributed by atoms with Crippen molar-refractivity contribution >= 4 is 12.2 Å². The van der Waals surface area contributed by atoms with Crippen molar-refractivity contribution in [2.45, 2.75) is 39.3 Å². The third-order valence-electron chi connectivity index (χ3n) is 2.79. The van der Waals surface area contributed by atoms with Gasteiger partial charge in [-0.25, -0.2) is 0 Å². The van der Waals surface area contributed by atoms with Crippen LogP contribution in [0.1, 0.15) is 29.7 Å². The Morgan fingerprint density at radius 3 is 2.89 bits per heavy atom. The van der Waals surface area contributed by atoms with Crippen LogP contribution >= 0.6 is 0 Å². The summed E-state index contributed by atoms with van der Waals surface area (Å²) < 4.78 is 0. The molecule has 0 saturated heterocycles. The zero-order valence-corrected chi connectivity index (χ0v) is 11.1. The number of hydrogen-bond acceptors (Lipinski definition) is 5. The quantitative estimate of drug-likeness (QED) is 0.669. The lowest BCUT2D eigenvalue weighted by atomic mass is 10.1. The second kappa shape index (κ2) is 6.84. The molecule has 0 unspecified atom stereocenters. The summed E-state index contributed by atoms with van der Waals surface area (Å²) in [6.07, 6.45) is 3.58. The summed E-state index contributed by atoms with van der Waals surface area (Å²) in [4.78, 5) is 18.6. The van der Waals surface area contributed by atoms with Crippen LogP contribution in [0.2, 0.25) is 0 Å². The summed E-state index contributed by atoms with van der Waals surface area (Å²) in [6, 6.07) is -0.388. The highest BCUT2D eigenvalue weighted by molar-refractivity contribution is 5.69. The van der Waals surface area contributed by atoms with Crippen molar-refractivity contribution in [2.24, 2.45) is 10.7 Å². The maximum atomic E-state index is 10.4. The minimum Gasteiger partial charge on any atom is -0.506 e. The first kappa shape index (κ1) is 15.1. The van der Waals surface area contributed by atoms with Crippen LogP contribution < -0.4 is 5.73 Å². The van der Waals surface area contributed by atoms with Crippen molar-refractivity contribution < 1.29 is 15.0 Å². The summed E-state index contributed by atoms with van der Waals surface area (Å²) in [5.74, 6) is -0.724. The van der Waals surface area contributed by atoms with Gasteiger partial charge in [-0.15, -0.1) is 0 Å². The van der Waals surface area contributed by atoms with Crippen molar-refractivity contribution in [1.29, 1.82) is 0 Å². The summed E-state index contributed by atoms with van der Waals surface area (Å²) in [5.41, 5.74) is 7.84. The fraction of sp³-hybridized carbons (Fsp3) is 0.462. The number of aliphatic imine (C=N–C) groups is 1. The van der Waals surface area contributed by atoms with E-state index in [1.54, 1.807) is 13.1 Å². The van der Waals surface area contributed by atoms with Crippen molar-refractivity contribution in [3.05, 3.63) is 23.0 Å². The van der Waals surface area contributed by atoms with Crippen molar-refractivity contribution in [3.63, 3.8) is 0 Å². The van der Waals surface area contributed by atoms with Gasteiger partial charge in [-0.3, -0.25) is 14.8 Å². The molecule has 0 spiro atoms. The molecule has 6 heteroatoms.